The first-order valence-electron chi connectivity index (χ1n) is 27.9. The standard InChI is InChI=1S/C56H109N2O6P/c1-6-8-10-12-14-16-18-20-22-23-24-25-26-27-28-29-30-31-32-33-34-35-36-38-40-42-44-46-48-50-56(60)57-54(53-64-65(61,62)63-52-51-58(3,4)5)55(59)49-47-45-43-41-39-37-21-19-17-15-13-11-9-7-2/h27-28,39,41,47,49,54-55,59H,6-26,29-38,40,42-46,48,50-53H2,1-5H3,(H-,57,60,61,62)/p+1/b28-27-,41-39+,49-47+. The molecule has 0 radical (unpaired) electrons. The maximum Gasteiger partial charge on any atom is 0.472 e. The van der Waals surface area contributed by atoms with Gasteiger partial charge >= 0.3 is 7.82 Å². The summed E-state index contributed by atoms with van der Waals surface area (Å²) in [6.07, 6.45) is 61.1. The van der Waals surface area contributed by atoms with E-state index in [4.69, 9.17) is 9.05 Å². The van der Waals surface area contributed by atoms with Gasteiger partial charge in [0.15, 0.2) is 0 Å². The second kappa shape index (κ2) is 47.8. The molecule has 0 aliphatic carbocycles. The van der Waals surface area contributed by atoms with Gasteiger partial charge in [0.25, 0.3) is 0 Å². The third-order valence-corrected chi connectivity index (χ3v) is 13.6. The minimum Gasteiger partial charge on any atom is -0.387 e. The molecule has 0 spiro atoms. The summed E-state index contributed by atoms with van der Waals surface area (Å²) >= 11 is 0. The summed E-state index contributed by atoms with van der Waals surface area (Å²) in [4.78, 5) is 23.2. The van der Waals surface area contributed by atoms with Crippen LogP contribution in [0.3, 0.4) is 0 Å². The van der Waals surface area contributed by atoms with Crippen molar-refractivity contribution in [1.29, 1.82) is 0 Å². The van der Waals surface area contributed by atoms with Gasteiger partial charge in [0, 0.05) is 6.42 Å². The van der Waals surface area contributed by atoms with Crippen molar-refractivity contribution < 1.29 is 32.9 Å². The lowest BCUT2D eigenvalue weighted by molar-refractivity contribution is -0.870. The molecular weight excluding hydrogens is 828 g/mol. The molecule has 0 aromatic heterocycles. The van der Waals surface area contributed by atoms with E-state index < -0.39 is 20.0 Å². The number of aliphatic hydroxyl groups excluding tert-OH is 1. The fraction of sp³-hybridized carbons (Fsp3) is 0.875. The first kappa shape index (κ1) is 63.7. The van der Waals surface area contributed by atoms with Crippen molar-refractivity contribution >= 4 is 13.7 Å². The molecule has 0 saturated carbocycles. The number of hydrogen-bond acceptors (Lipinski definition) is 5. The van der Waals surface area contributed by atoms with E-state index in [2.05, 4.69) is 43.5 Å². The molecule has 65 heavy (non-hydrogen) atoms. The van der Waals surface area contributed by atoms with Gasteiger partial charge in [-0.1, -0.05) is 237 Å². The van der Waals surface area contributed by atoms with Crippen LogP contribution in [0.1, 0.15) is 264 Å². The molecule has 9 heteroatoms. The minimum atomic E-state index is -4.35. The Hall–Kier alpha value is -1.28. The van der Waals surface area contributed by atoms with Crippen molar-refractivity contribution in [3.8, 4) is 0 Å². The summed E-state index contributed by atoms with van der Waals surface area (Å²) in [7, 11) is 1.56. The lowest BCUT2D eigenvalue weighted by Gasteiger charge is -2.25. The summed E-state index contributed by atoms with van der Waals surface area (Å²) in [5.41, 5.74) is 0. The number of rotatable bonds is 51. The quantitative estimate of drug-likeness (QED) is 0.0243. The molecule has 3 unspecified atom stereocenters. The number of amides is 1. The third kappa shape index (κ3) is 50.4. The molecule has 3 N–H and O–H groups in total. The molecule has 8 nitrogen and oxygen atoms in total. The number of nitrogens with one attached hydrogen (secondary N) is 1. The lowest BCUT2D eigenvalue weighted by Crippen LogP contribution is -2.45. The van der Waals surface area contributed by atoms with Crippen LogP contribution in [0.2, 0.25) is 0 Å². The Bertz CT molecular complexity index is 1150. The van der Waals surface area contributed by atoms with E-state index in [9.17, 15) is 19.4 Å². The van der Waals surface area contributed by atoms with E-state index in [0.717, 1.165) is 38.5 Å². The predicted molar refractivity (Wildman–Crippen MR) is 281 cm³/mol. The minimum absolute atomic E-state index is 0.0569. The fourth-order valence-corrected chi connectivity index (χ4v) is 8.91. The molecule has 0 aliphatic heterocycles. The van der Waals surface area contributed by atoms with Gasteiger partial charge in [-0.15, -0.1) is 0 Å². The Labute approximate surface area is 404 Å². The molecule has 0 fully saturated rings. The average molecular weight is 938 g/mol. The third-order valence-electron chi connectivity index (χ3n) is 12.6. The van der Waals surface area contributed by atoms with Gasteiger partial charge in [-0.25, -0.2) is 4.57 Å². The largest absolute Gasteiger partial charge is 0.472 e. The molecule has 1 amide bonds. The van der Waals surface area contributed by atoms with E-state index in [-0.39, 0.29) is 19.1 Å². The number of likely N-dealkylation sites (N-methyl/N-ethyl adjacent to an activating group) is 1. The van der Waals surface area contributed by atoms with Crippen LogP contribution >= 0.6 is 7.82 Å². The maximum absolute atomic E-state index is 12.9. The van der Waals surface area contributed by atoms with Crippen molar-refractivity contribution in [2.75, 3.05) is 40.9 Å². The van der Waals surface area contributed by atoms with Gasteiger partial charge in [0.1, 0.15) is 13.2 Å². The summed E-state index contributed by atoms with van der Waals surface area (Å²) in [6, 6.07) is -0.862. The van der Waals surface area contributed by atoms with Crippen molar-refractivity contribution in [2.45, 2.75) is 276 Å². The molecule has 0 aromatic rings. The molecular formula is C56H110N2O6P+. The van der Waals surface area contributed by atoms with E-state index in [1.807, 2.05) is 27.2 Å². The van der Waals surface area contributed by atoms with Crippen molar-refractivity contribution in [2.24, 2.45) is 0 Å². The highest BCUT2D eigenvalue weighted by Gasteiger charge is 2.27. The molecule has 0 aliphatic rings. The zero-order chi connectivity index (χ0) is 47.8. The van der Waals surface area contributed by atoms with Crippen LogP contribution in [0.5, 0.6) is 0 Å². The highest BCUT2D eigenvalue weighted by molar-refractivity contribution is 7.47. The molecule has 0 aromatic carbocycles. The average Bonchev–Trinajstić information content (AvgIpc) is 3.26. The molecule has 0 rings (SSSR count). The van der Waals surface area contributed by atoms with Crippen LogP contribution < -0.4 is 5.32 Å². The monoisotopic (exact) mass is 938 g/mol. The van der Waals surface area contributed by atoms with Gasteiger partial charge in [-0.05, 0) is 57.8 Å². The number of phosphoric acid groups is 1. The number of unbranched alkanes of at least 4 members (excludes halogenated alkanes) is 34. The van der Waals surface area contributed by atoms with E-state index >= 15 is 0 Å². The zero-order valence-electron chi connectivity index (χ0n) is 43.7. The highest BCUT2D eigenvalue weighted by atomic mass is 31.2. The van der Waals surface area contributed by atoms with Crippen molar-refractivity contribution in [1.82, 2.24) is 5.32 Å². The first-order chi connectivity index (χ1) is 31.5. The Morgan fingerprint density at radius 1 is 0.508 bits per heavy atom. The fourth-order valence-electron chi connectivity index (χ4n) is 8.17. The number of quaternary nitrogens is 1. The van der Waals surface area contributed by atoms with Crippen LogP contribution in [0, 0.1) is 0 Å². The molecule has 0 saturated heterocycles. The topological polar surface area (TPSA) is 105 Å². The zero-order valence-corrected chi connectivity index (χ0v) is 44.6. The Morgan fingerprint density at radius 2 is 0.846 bits per heavy atom. The van der Waals surface area contributed by atoms with Gasteiger partial charge in [0.05, 0.1) is 39.9 Å². The van der Waals surface area contributed by atoms with E-state index in [1.54, 1.807) is 6.08 Å². The number of phosphoric ester groups is 1. The maximum atomic E-state index is 12.9. The summed E-state index contributed by atoms with van der Waals surface area (Å²) < 4.78 is 23.6. The normalized spacial score (nSPS) is 14.3. The van der Waals surface area contributed by atoms with Crippen LogP contribution in [0.25, 0.3) is 0 Å². The molecule has 0 heterocycles. The predicted octanol–water partition coefficient (Wildman–Crippen LogP) is 16.6. The second-order valence-corrected chi connectivity index (χ2v) is 21.8. The summed E-state index contributed by atoms with van der Waals surface area (Å²) in [5, 5.41) is 13.9. The first-order valence-corrected chi connectivity index (χ1v) is 29.4. The Kier molecular flexibility index (Phi) is 46.8. The van der Waals surface area contributed by atoms with Gasteiger partial charge in [-0.3, -0.25) is 13.8 Å². The second-order valence-electron chi connectivity index (χ2n) is 20.3. The Morgan fingerprint density at radius 3 is 1.23 bits per heavy atom. The number of hydrogen-bond donors (Lipinski definition) is 3. The van der Waals surface area contributed by atoms with Crippen molar-refractivity contribution in [3.63, 3.8) is 0 Å². The van der Waals surface area contributed by atoms with Crippen LogP contribution in [0.4, 0.5) is 0 Å². The smallest absolute Gasteiger partial charge is 0.387 e. The number of allylic oxidation sites excluding steroid dienone is 5. The van der Waals surface area contributed by atoms with Crippen LogP contribution in [-0.2, 0) is 18.4 Å². The summed E-state index contributed by atoms with van der Waals surface area (Å²) in [5.74, 6) is -0.185. The Balaban J connectivity index is 4.12. The van der Waals surface area contributed by atoms with Gasteiger partial charge in [-0.2, -0.15) is 0 Å². The van der Waals surface area contributed by atoms with Crippen LogP contribution in [-0.4, -0.2) is 73.4 Å². The number of carbonyl (C=O) groups is 1. The molecule has 0 bridgehead atoms. The van der Waals surface area contributed by atoms with Crippen molar-refractivity contribution in [3.05, 3.63) is 36.5 Å². The highest BCUT2D eigenvalue weighted by Crippen LogP contribution is 2.43. The van der Waals surface area contributed by atoms with Gasteiger partial charge in [0.2, 0.25) is 5.91 Å². The SMILES string of the molecule is CCCCCCCCCC/C=C/CC/C=C/C(O)C(COP(=O)(O)OCC[N+](C)(C)C)NC(=O)CCCCCCCCCCCCCCC/C=C\CCCCCCCCCCCCCC. The molecule has 384 valence electrons. The molecule has 3 atom stereocenters. The summed E-state index contributed by atoms with van der Waals surface area (Å²) in [6.45, 7) is 4.81. The lowest BCUT2D eigenvalue weighted by atomic mass is 10.0. The van der Waals surface area contributed by atoms with E-state index in [0.29, 0.717) is 17.4 Å². The number of nitrogens with zero attached hydrogens (tertiary/aromatic N) is 1. The number of carbonyl (C=O) groups excluding carboxylic acids is 1. The van der Waals surface area contributed by atoms with Gasteiger partial charge < -0.3 is 19.8 Å². The van der Waals surface area contributed by atoms with Crippen LogP contribution in [0.15, 0.2) is 36.5 Å². The van der Waals surface area contributed by atoms with E-state index in [1.165, 1.54) is 205 Å². The number of aliphatic hydroxyl groups is 1.